The van der Waals surface area contributed by atoms with Gasteiger partial charge in [-0.3, -0.25) is 0 Å². The third kappa shape index (κ3) is 9.99. The van der Waals surface area contributed by atoms with Crippen LogP contribution in [-0.4, -0.2) is 0 Å². The number of rotatable bonds is 0. The number of halogens is 3. The lowest BCUT2D eigenvalue weighted by atomic mass is 14.0. The molecule has 0 spiro atoms. The highest BCUT2D eigenvalue weighted by molar-refractivity contribution is 9.21. The van der Waals surface area contributed by atoms with Crippen molar-refractivity contribution in [2.75, 3.05) is 0 Å². The first-order chi connectivity index (χ1) is 1.41. The first-order valence-corrected chi connectivity index (χ1v) is 1.76. The Labute approximate surface area is 52.6 Å². The van der Waals surface area contributed by atoms with E-state index in [0.717, 1.165) is 0 Å². The van der Waals surface area contributed by atoms with E-state index in [0.29, 0.717) is 0 Å². The van der Waals surface area contributed by atoms with Crippen molar-refractivity contribution in [3.63, 3.8) is 0 Å². The third-order valence-electron chi connectivity index (χ3n) is 0. The first kappa shape index (κ1) is 9.04. The molecule has 0 bridgehead atoms. The zero-order valence-corrected chi connectivity index (χ0v) is 6.50. The Morgan fingerprint density at radius 2 is 1.25 bits per heavy atom. The second-order valence-electron chi connectivity index (χ2n) is 0.0639. The van der Waals surface area contributed by atoms with E-state index in [2.05, 4.69) is 35.7 Å². The maximum atomic E-state index is 3.12. The van der Waals surface area contributed by atoms with Crippen LogP contribution in [0.25, 0.3) is 0 Å². The van der Waals surface area contributed by atoms with Crippen molar-refractivity contribution < 1.29 is 0 Å². The van der Waals surface area contributed by atoms with E-state index in [1.54, 1.807) is 0 Å². The summed E-state index contributed by atoms with van der Waals surface area (Å²) < 4.78 is 3.12. The highest BCUT2D eigenvalue weighted by Gasteiger charge is 1.39. The Morgan fingerprint density at radius 1 is 1.25 bits per heavy atom. The Bertz CT molecular complexity index is 3.25. The molecule has 0 aromatic carbocycles. The second-order valence-corrected chi connectivity index (χ2v) is 1.72. The highest BCUT2D eigenvalue weighted by Crippen LogP contribution is 1.75. The van der Waals surface area contributed by atoms with E-state index in [1.165, 1.54) is 0 Å². The molecular formula is HBr3N. The van der Waals surface area contributed by atoms with Gasteiger partial charge in [-0.15, -0.1) is 17.0 Å². The fourth-order valence-corrected chi connectivity index (χ4v) is 0. The van der Waals surface area contributed by atoms with Crippen molar-refractivity contribution >= 4 is 49.3 Å². The molecule has 0 aliphatic heterocycles. The van der Waals surface area contributed by atoms with E-state index in [1.807, 2.05) is 0 Å². The Balaban J connectivity index is 0. The van der Waals surface area contributed by atoms with Crippen LogP contribution in [-0.2, 0) is 0 Å². The molecule has 0 saturated heterocycles. The molecule has 0 fully saturated rings. The molecular weight excluding hydrogens is 254 g/mol. The van der Waals surface area contributed by atoms with Gasteiger partial charge in [-0.2, -0.15) is 0 Å². The average Bonchev–Trinajstić information content (AvgIpc) is 0.918. The molecule has 0 aromatic rings. The molecule has 0 amide bonds. The quantitative estimate of drug-likeness (QED) is 0.626. The van der Waals surface area contributed by atoms with Gasteiger partial charge in [0.2, 0.25) is 0 Å². The van der Waals surface area contributed by atoms with Crippen LogP contribution in [0.5, 0.6) is 0 Å². The molecule has 0 aliphatic carbocycles. The molecule has 0 heterocycles. The zero-order valence-electron chi connectivity index (χ0n) is 1.61. The summed E-state index contributed by atoms with van der Waals surface area (Å²) in [5.74, 6) is 0. The normalized spacial score (nSPS) is 4.50. The van der Waals surface area contributed by atoms with Crippen molar-refractivity contribution in [2.24, 2.45) is 0 Å². The highest BCUT2D eigenvalue weighted by atomic mass is 79.9. The summed E-state index contributed by atoms with van der Waals surface area (Å²) >= 11 is 5.38. The van der Waals surface area contributed by atoms with Crippen LogP contribution >= 0.6 is 49.3 Å². The van der Waals surface area contributed by atoms with Crippen LogP contribution in [0.1, 0.15) is 0 Å². The fraction of sp³-hybridized carbons (Fsp3) is 0. The predicted molar refractivity (Wildman–Crippen MR) is 30.3 cm³/mol. The predicted octanol–water partition coefficient (Wildman–Crippen LogP) is 1.79. The summed E-state index contributed by atoms with van der Waals surface area (Å²) in [6, 6.07) is 0. The van der Waals surface area contributed by atoms with Gasteiger partial charge >= 0.3 is 0 Å². The standard InChI is InChI=1S/Br2N.BrH/c1-3-2;/h;1H. The summed E-state index contributed by atoms with van der Waals surface area (Å²) in [5, 5.41) is 0. The van der Waals surface area contributed by atoms with Crippen LogP contribution in [0, 0.1) is 0 Å². The fourth-order valence-electron chi connectivity index (χ4n) is 0. The smallest absolute Gasteiger partial charge is 0.0439 e. The summed E-state index contributed by atoms with van der Waals surface area (Å²) in [6.07, 6.45) is 0. The van der Waals surface area contributed by atoms with E-state index >= 15 is 0 Å². The van der Waals surface area contributed by atoms with Gasteiger partial charge in [0.05, 0.1) is 0 Å². The molecule has 0 rings (SSSR count). The molecule has 27 valence electrons. The summed E-state index contributed by atoms with van der Waals surface area (Å²) in [7, 11) is 0. The van der Waals surface area contributed by atoms with Crippen molar-refractivity contribution in [3.8, 4) is 0 Å². The molecule has 0 atom stereocenters. The number of hydrogen-bond donors (Lipinski definition) is 0. The van der Waals surface area contributed by atoms with E-state index < -0.39 is 0 Å². The van der Waals surface area contributed by atoms with Crippen molar-refractivity contribution in [3.05, 3.63) is 0 Å². The van der Waals surface area contributed by atoms with Gasteiger partial charge in [0.15, 0.2) is 0 Å². The van der Waals surface area contributed by atoms with Crippen LogP contribution in [0.15, 0.2) is 0 Å². The second kappa shape index (κ2) is 8.83. The SMILES string of the molecule is Br.Br[N]Br. The lowest BCUT2D eigenvalue weighted by molar-refractivity contribution is 1.85. The largest absolute Gasteiger partial charge is 0.114 e. The average molecular weight is 255 g/mol. The molecule has 0 aliphatic rings. The lowest BCUT2D eigenvalue weighted by Crippen LogP contribution is -1.38. The molecule has 0 aromatic heterocycles. The monoisotopic (exact) mass is 252 g/mol. The lowest BCUT2D eigenvalue weighted by Gasteiger charge is -1.44. The first-order valence-electron chi connectivity index (χ1n) is 0.338. The summed E-state index contributed by atoms with van der Waals surface area (Å²) in [4.78, 5) is 0. The summed E-state index contributed by atoms with van der Waals surface area (Å²) in [5.41, 5.74) is 0. The molecule has 1 nitrogen and oxygen atoms in total. The Kier molecular flexibility index (Phi) is 20.0. The molecule has 0 unspecified atom stereocenters. The van der Waals surface area contributed by atoms with Gasteiger partial charge in [0, 0.05) is 32.3 Å². The van der Waals surface area contributed by atoms with Crippen molar-refractivity contribution in [2.45, 2.75) is 0 Å². The number of hydrogen-bond acceptors (Lipinski definition) is 0. The molecule has 4 heavy (non-hydrogen) atoms. The van der Waals surface area contributed by atoms with E-state index in [-0.39, 0.29) is 17.0 Å². The van der Waals surface area contributed by atoms with Crippen LogP contribution in [0.3, 0.4) is 0 Å². The molecule has 4 heteroatoms. The van der Waals surface area contributed by atoms with Gasteiger partial charge < -0.3 is 0 Å². The minimum absolute atomic E-state index is 0. The van der Waals surface area contributed by atoms with Crippen LogP contribution in [0.2, 0.25) is 0 Å². The summed E-state index contributed by atoms with van der Waals surface area (Å²) in [6.45, 7) is 0. The van der Waals surface area contributed by atoms with E-state index in [9.17, 15) is 0 Å². The van der Waals surface area contributed by atoms with E-state index in [4.69, 9.17) is 0 Å². The Morgan fingerprint density at radius 3 is 1.25 bits per heavy atom. The Hall–Kier alpha value is 1.40. The maximum absolute atomic E-state index is 3.12. The van der Waals surface area contributed by atoms with Gasteiger partial charge in [-0.1, -0.05) is 3.37 Å². The topological polar surface area (TPSA) is 14.1 Å². The van der Waals surface area contributed by atoms with Crippen LogP contribution in [0.4, 0.5) is 0 Å². The van der Waals surface area contributed by atoms with Gasteiger partial charge in [0.25, 0.3) is 0 Å². The minimum Gasteiger partial charge on any atom is -0.114 e. The van der Waals surface area contributed by atoms with Gasteiger partial charge in [-0.25, -0.2) is 0 Å². The maximum Gasteiger partial charge on any atom is 0.0439 e. The van der Waals surface area contributed by atoms with Crippen LogP contribution < -0.4 is 3.37 Å². The van der Waals surface area contributed by atoms with Gasteiger partial charge in [-0.05, 0) is 0 Å². The van der Waals surface area contributed by atoms with Gasteiger partial charge in [0.1, 0.15) is 0 Å². The molecule has 0 N–H and O–H groups in total. The number of nitrogens with zero attached hydrogens (tertiary/aromatic N) is 1. The molecule has 1 radical (unpaired) electrons. The van der Waals surface area contributed by atoms with Crippen molar-refractivity contribution in [1.29, 1.82) is 0 Å². The minimum atomic E-state index is 0. The molecule has 0 saturated carbocycles. The zero-order chi connectivity index (χ0) is 2.71. The third-order valence-corrected chi connectivity index (χ3v) is 0. The van der Waals surface area contributed by atoms with Crippen molar-refractivity contribution in [1.82, 2.24) is 3.37 Å².